The van der Waals surface area contributed by atoms with Crippen LogP contribution in [0, 0.1) is 22.7 Å². The van der Waals surface area contributed by atoms with E-state index < -0.39 is 46.5 Å². The fraction of sp³-hybridized carbons (Fsp3) is 0.167. The lowest BCUT2D eigenvalue weighted by atomic mass is 10.1. The average Bonchev–Trinajstić information content (AvgIpc) is 2.71. The molecule has 0 aromatic heterocycles. The van der Waals surface area contributed by atoms with Gasteiger partial charge < -0.3 is 4.74 Å². The number of rotatable bonds is 3. The van der Waals surface area contributed by atoms with E-state index in [2.05, 4.69) is 15.1 Å². The third kappa shape index (κ3) is 5.27. The minimum atomic E-state index is -4.84. The molecule has 1 amide bonds. The minimum Gasteiger partial charge on any atom is -0.451 e. The zero-order valence-electron chi connectivity index (χ0n) is 15.3. The smallest absolute Gasteiger partial charge is 0.436 e. The summed E-state index contributed by atoms with van der Waals surface area (Å²) in [7, 11) is 0.857. The molecule has 7 nitrogen and oxygen atoms in total. The summed E-state index contributed by atoms with van der Waals surface area (Å²) in [5.41, 5.74) is -4.49. The third-order valence-corrected chi connectivity index (χ3v) is 3.71. The van der Waals surface area contributed by atoms with Crippen LogP contribution in [-0.2, 0) is 17.1 Å². The molecule has 0 fully saturated rings. The van der Waals surface area contributed by atoms with E-state index in [9.17, 15) is 31.1 Å². The van der Waals surface area contributed by atoms with Gasteiger partial charge in [-0.05, 0) is 36.4 Å². The first-order valence-electron chi connectivity index (χ1n) is 7.94. The largest absolute Gasteiger partial charge is 0.451 e. The topological polar surface area (TPSA) is 102 Å². The van der Waals surface area contributed by atoms with E-state index in [-0.39, 0.29) is 10.6 Å². The second-order valence-electron chi connectivity index (χ2n) is 5.65. The second kappa shape index (κ2) is 8.71. The number of hydrogen-bond donors (Lipinski definition) is 0. The molecule has 2 aromatic rings. The first-order chi connectivity index (χ1) is 14.4. The number of carbonyl (C=O) groups is 1. The van der Waals surface area contributed by atoms with Gasteiger partial charge in [0.1, 0.15) is 17.8 Å². The number of alkyl halides is 6. The number of halogens is 6. The summed E-state index contributed by atoms with van der Waals surface area (Å²) < 4.78 is 82.3. The van der Waals surface area contributed by atoms with Crippen molar-refractivity contribution in [3.63, 3.8) is 0 Å². The SMILES string of the molecule is COC(=O)N(N=Nc1cc(C(F)(F)F)ccc1C#N)c1cc(C(F)(F)F)ccc1C#N. The van der Waals surface area contributed by atoms with Crippen molar-refractivity contribution >= 4 is 17.5 Å². The predicted molar refractivity (Wildman–Crippen MR) is 91.7 cm³/mol. The summed E-state index contributed by atoms with van der Waals surface area (Å²) in [5.74, 6) is 0. The molecule has 0 atom stereocenters. The Bertz CT molecular complexity index is 1110. The summed E-state index contributed by atoms with van der Waals surface area (Å²) in [4.78, 5) is 12.1. The first-order valence-corrected chi connectivity index (χ1v) is 7.94. The number of nitriles is 2. The monoisotopic (exact) mass is 441 g/mol. The lowest BCUT2D eigenvalue weighted by molar-refractivity contribution is -0.138. The van der Waals surface area contributed by atoms with Crippen molar-refractivity contribution in [2.24, 2.45) is 10.3 Å². The maximum Gasteiger partial charge on any atom is 0.436 e. The van der Waals surface area contributed by atoms with E-state index in [1.807, 2.05) is 0 Å². The highest BCUT2D eigenvalue weighted by molar-refractivity contribution is 5.88. The van der Waals surface area contributed by atoms with Gasteiger partial charge in [-0.3, -0.25) is 0 Å². The van der Waals surface area contributed by atoms with Gasteiger partial charge in [0.05, 0.1) is 35.1 Å². The fourth-order valence-corrected chi connectivity index (χ4v) is 2.23. The van der Waals surface area contributed by atoms with Crippen LogP contribution in [0.5, 0.6) is 0 Å². The number of carbonyl (C=O) groups excluding carboxylic acids is 1. The summed E-state index contributed by atoms with van der Waals surface area (Å²) >= 11 is 0. The van der Waals surface area contributed by atoms with Gasteiger partial charge in [0.15, 0.2) is 0 Å². The van der Waals surface area contributed by atoms with E-state index in [1.54, 1.807) is 12.1 Å². The lowest BCUT2D eigenvalue weighted by Crippen LogP contribution is -2.26. The normalized spacial score (nSPS) is 11.6. The van der Waals surface area contributed by atoms with Crippen molar-refractivity contribution in [1.82, 2.24) is 0 Å². The highest BCUT2D eigenvalue weighted by atomic mass is 19.4. The second-order valence-corrected chi connectivity index (χ2v) is 5.65. The molecule has 31 heavy (non-hydrogen) atoms. The van der Waals surface area contributed by atoms with Gasteiger partial charge in [0, 0.05) is 0 Å². The van der Waals surface area contributed by atoms with Crippen LogP contribution in [0.2, 0.25) is 0 Å². The molecule has 2 aromatic carbocycles. The number of nitrogens with zero attached hydrogens (tertiary/aromatic N) is 5. The van der Waals surface area contributed by atoms with Crippen molar-refractivity contribution in [3.8, 4) is 12.1 Å². The quantitative estimate of drug-likeness (QED) is 0.344. The Labute approximate surface area is 170 Å². The zero-order chi connectivity index (χ0) is 23.4. The molecule has 0 N–H and O–H groups in total. The van der Waals surface area contributed by atoms with Gasteiger partial charge in [-0.15, -0.1) is 10.1 Å². The van der Waals surface area contributed by atoms with Crippen LogP contribution in [0.3, 0.4) is 0 Å². The molecule has 2 rings (SSSR count). The molecule has 160 valence electrons. The average molecular weight is 441 g/mol. The van der Waals surface area contributed by atoms with E-state index in [0.717, 1.165) is 19.2 Å². The Kier molecular flexibility index (Phi) is 6.50. The van der Waals surface area contributed by atoms with Crippen molar-refractivity contribution in [1.29, 1.82) is 10.5 Å². The lowest BCUT2D eigenvalue weighted by Gasteiger charge is -2.17. The van der Waals surface area contributed by atoms with Crippen molar-refractivity contribution in [2.45, 2.75) is 12.4 Å². The van der Waals surface area contributed by atoms with Crippen LogP contribution >= 0.6 is 0 Å². The molecule has 0 saturated carbocycles. The Morgan fingerprint density at radius 3 is 1.94 bits per heavy atom. The molecule has 0 spiro atoms. The maximum atomic E-state index is 13.0. The highest BCUT2D eigenvalue weighted by Crippen LogP contribution is 2.35. The number of anilines is 1. The summed E-state index contributed by atoms with van der Waals surface area (Å²) in [6.07, 6.45) is -11.0. The van der Waals surface area contributed by atoms with Crippen molar-refractivity contribution in [3.05, 3.63) is 58.7 Å². The Hall–Kier alpha value is -4.13. The molecule has 0 unspecified atom stereocenters. The molecule has 0 aliphatic carbocycles. The molecule has 0 radical (unpaired) electrons. The van der Waals surface area contributed by atoms with E-state index >= 15 is 0 Å². The van der Waals surface area contributed by atoms with Crippen LogP contribution in [-0.4, -0.2) is 13.2 Å². The molecule has 0 saturated heterocycles. The molecule has 13 heteroatoms. The maximum absolute atomic E-state index is 13.0. The van der Waals surface area contributed by atoms with Crippen LogP contribution < -0.4 is 5.01 Å². The number of methoxy groups -OCH3 is 1. The number of amides is 1. The number of benzene rings is 2. The number of ether oxygens (including phenoxy) is 1. The van der Waals surface area contributed by atoms with E-state index in [4.69, 9.17) is 10.5 Å². The predicted octanol–water partition coefficient (Wildman–Crippen LogP) is 5.74. The fourth-order valence-electron chi connectivity index (χ4n) is 2.23. The van der Waals surface area contributed by atoms with Gasteiger partial charge in [-0.1, -0.05) is 5.22 Å². The highest BCUT2D eigenvalue weighted by Gasteiger charge is 2.33. The summed E-state index contributed by atoms with van der Waals surface area (Å²) in [6.45, 7) is 0. The van der Waals surface area contributed by atoms with Gasteiger partial charge in [0.2, 0.25) is 0 Å². The van der Waals surface area contributed by atoms with Crippen LogP contribution in [0.25, 0.3) is 0 Å². The molecule has 0 aliphatic heterocycles. The van der Waals surface area contributed by atoms with E-state index in [0.29, 0.717) is 24.3 Å². The molecule has 0 bridgehead atoms. The number of hydrogen-bond acceptors (Lipinski definition) is 6. The molecular weight excluding hydrogens is 432 g/mol. The minimum absolute atomic E-state index is 0.162. The van der Waals surface area contributed by atoms with Crippen molar-refractivity contribution in [2.75, 3.05) is 12.1 Å². The first kappa shape index (κ1) is 23.2. The standard InChI is InChI=1S/C18H9F6N5O2/c1-31-16(30)29(15-7-13(18(22,23)24)5-3-11(15)9-26)28-27-14-6-12(17(19,20)21)4-2-10(14)8-25/h2-7H,1H3. The van der Waals surface area contributed by atoms with E-state index in [1.165, 1.54) is 0 Å². The molecule has 0 heterocycles. The van der Waals surface area contributed by atoms with Crippen LogP contribution in [0.15, 0.2) is 46.7 Å². The van der Waals surface area contributed by atoms with Crippen molar-refractivity contribution < 1.29 is 35.9 Å². The Morgan fingerprint density at radius 2 is 1.45 bits per heavy atom. The van der Waals surface area contributed by atoms with Gasteiger partial charge >= 0.3 is 18.4 Å². The van der Waals surface area contributed by atoms with Gasteiger partial charge in [-0.2, -0.15) is 36.9 Å². The van der Waals surface area contributed by atoms with Crippen LogP contribution in [0.1, 0.15) is 22.3 Å². The molecule has 0 aliphatic rings. The zero-order valence-corrected chi connectivity index (χ0v) is 15.3. The third-order valence-electron chi connectivity index (χ3n) is 3.71. The van der Waals surface area contributed by atoms with Gasteiger partial charge in [0.25, 0.3) is 0 Å². The Morgan fingerprint density at radius 1 is 0.935 bits per heavy atom. The summed E-state index contributed by atoms with van der Waals surface area (Å²) in [6, 6.07) is 6.83. The van der Waals surface area contributed by atoms with Crippen LogP contribution in [0.4, 0.5) is 42.5 Å². The van der Waals surface area contributed by atoms with Gasteiger partial charge in [-0.25, -0.2) is 4.79 Å². The Balaban J connectivity index is 2.64. The molecular formula is C18H9F6N5O2. The summed E-state index contributed by atoms with van der Waals surface area (Å²) in [5, 5.41) is 25.1.